The van der Waals surface area contributed by atoms with Crippen LogP contribution in [0.3, 0.4) is 0 Å². The van der Waals surface area contributed by atoms with Crippen molar-refractivity contribution < 1.29 is 13.2 Å². The van der Waals surface area contributed by atoms with Crippen molar-refractivity contribution >= 4 is 27.7 Å². The van der Waals surface area contributed by atoms with Gasteiger partial charge in [-0.15, -0.1) is 11.8 Å². The van der Waals surface area contributed by atoms with Crippen LogP contribution in [0.15, 0.2) is 89.8 Å². The van der Waals surface area contributed by atoms with Gasteiger partial charge < -0.3 is 5.32 Å². The van der Waals surface area contributed by atoms with Crippen molar-refractivity contribution in [1.29, 1.82) is 0 Å². The summed E-state index contributed by atoms with van der Waals surface area (Å²) in [6.45, 7) is 4.23. The Labute approximate surface area is 193 Å². The van der Waals surface area contributed by atoms with Gasteiger partial charge in [0, 0.05) is 12.3 Å². The van der Waals surface area contributed by atoms with Crippen molar-refractivity contribution in [2.45, 2.75) is 22.7 Å². The number of nitrogens with one attached hydrogen (secondary N) is 1. The highest BCUT2D eigenvalue weighted by molar-refractivity contribution is 8.02. The van der Waals surface area contributed by atoms with Crippen molar-refractivity contribution in [3.8, 4) is 11.1 Å². The molecule has 0 bridgehead atoms. The van der Waals surface area contributed by atoms with Gasteiger partial charge in [-0.1, -0.05) is 79.7 Å². The van der Waals surface area contributed by atoms with E-state index in [9.17, 15) is 13.2 Å². The molecule has 0 aliphatic carbocycles. The second-order valence-electron chi connectivity index (χ2n) is 7.49. The van der Waals surface area contributed by atoms with E-state index in [4.69, 9.17) is 0 Å². The van der Waals surface area contributed by atoms with Gasteiger partial charge >= 0.3 is 0 Å². The van der Waals surface area contributed by atoms with Crippen LogP contribution in [0.2, 0.25) is 0 Å². The Morgan fingerprint density at radius 1 is 0.969 bits per heavy atom. The number of rotatable bonds is 7. The lowest BCUT2D eigenvalue weighted by Gasteiger charge is -2.25. The highest BCUT2D eigenvalue weighted by Crippen LogP contribution is 2.32. The second-order valence-corrected chi connectivity index (χ2v) is 10.6. The minimum atomic E-state index is -3.80. The molecule has 1 aliphatic heterocycles. The first-order chi connectivity index (χ1) is 15.5. The van der Waals surface area contributed by atoms with Crippen molar-refractivity contribution in [3.63, 3.8) is 0 Å². The maximum atomic E-state index is 13.3. The molecule has 165 valence electrons. The lowest BCUT2D eigenvalue weighted by molar-refractivity contribution is -0.122. The summed E-state index contributed by atoms with van der Waals surface area (Å²) in [5.74, 6) is 0.259. The Morgan fingerprint density at radius 2 is 1.56 bits per heavy atom. The van der Waals surface area contributed by atoms with Gasteiger partial charge in [0.2, 0.25) is 15.9 Å². The van der Waals surface area contributed by atoms with E-state index < -0.39 is 15.4 Å². The van der Waals surface area contributed by atoms with Gasteiger partial charge in [0.15, 0.2) is 0 Å². The van der Waals surface area contributed by atoms with Crippen LogP contribution in [-0.2, 0) is 14.8 Å². The molecule has 0 unspecified atom stereocenters. The highest BCUT2D eigenvalue weighted by Gasteiger charge is 2.40. The Morgan fingerprint density at radius 3 is 2.19 bits per heavy atom. The van der Waals surface area contributed by atoms with E-state index in [0.29, 0.717) is 18.7 Å². The average Bonchev–Trinajstić information content (AvgIpc) is 3.35. The molecular weight excluding hydrogens is 440 g/mol. The van der Waals surface area contributed by atoms with E-state index >= 15 is 0 Å². The zero-order valence-corrected chi connectivity index (χ0v) is 19.2. The molecule has 3 aromatic rings. The van der Waals surface area contributed by atoms with Crippen LogP contribution in [0.4, 0.5) is 0 Å². The predicted octanol–water partition coefficient (Wildman–Crippen LogP) is 4.50. The van der Waals surface area contributed by atoms with Crippen LogP contribution in [0, 0.1) is 6.92 Å². The number of carbonyl (C=O) groups excluding carboxylic acids is 1. The summed E-state index contributed by atoms with van der Waals surface area (Å²) in [4.78, 5) is 13.2. The Kier molecular flexibility index (Phi) is 6.98. The molecule has 0 saturated carbocycles. The fraction of sp³-hybridized carbons (Fsp3) is 0.200. The van der Waals surface area contributed by atoms with Crippen LogP contribution in [-0.4, -0.2) is 36.3 Å². The van der Waals surface area contributed by atoms with Gasteiger partial charge in [-0.2, -0.15) is 4.31 Å². The largest absolute Gasteiger partial charge is 0.347 e. The van der Waals surface area contributed by atoms with Crippen LogP contribution < -0.4 is 5.32 Å². The van der Waals surface area contributed by atoms with E-state index in [2.05, 4.69) is 12.2 Å². The highest BCUT2D eigenvalue weighted by atomic mass is 32.2. The smallest absolute Gasteiger partial charge is 0.249 e. The lowest BCUT2D eigenvalue weighted by atomic mass is 10.0. The molecule has 0 spiro atoms. The molecule has 5 nitrogen and oxygen atoms in total. The molecule has 1 saturated heterocycles. The first kappa shape index (κ1) is 22.6. The molecule has 7 heteroatoms. The number of thioether (sulfide) groups is 1. The maximum Gasteiger partial charge on any atom is 0.249 e. The topological polar surface area (TPSA) is 66.5 Å². The molecule has 2 atom stereocenters. The minimum Gasteiger partial charge on any atom is -0.347 e. The van der Waals surface area contributed by atoms with Crippen LogP contribution in [0.5, 0.6) is 0 Å². The van der Waals surface area contributed by atoms with E-state index in [0.717, 1.165) is 16.7 Å². The van der Waals surface area contributed by atoms with Crippen molar-refractivity contribution in [3.05, 3.63) is 97.4 Å². The number of hydrogen-bond acceptors (Lipinski definition) is 4. The summed E-state index contributed by atoms with van der Waals surface area (Å²) < 4.78 is 28.0. The van der Waals surface area contributed by atoms with E-state index in [1.54, 1.807) is 24.3 Å². The third-order valence-corrected chi connectivity index (χ3v) is 8.66. The minimum absolute atomic E-state index is 0.189. The van der Waals surface area contributed by atoms with Crippen molar-refractivity contribution in [2.75, 3.05) is 12.3 Å². The van der Waals surface area contributed by atoms with Crippen molar-refractivity contribution in [1.82, 2.24) is 9.62 Å². The molecule has 0 aromatic heterocycles. The van der Waals surface area contributed by atoms with Gasteiger partial charge in [-0.25, -0.2) is 8.42 Å². The summed E-state index contributed by atoms with van der Waals surface area (Å²) >= 11 is 1.34. The first-order valence-corrected chi connectivity index (χ1v) is 12.9. The summed E-state index contributed by atoms with van der Waals surface area (Å²) in [5.41, 5.74) is 2.91. The zero-order chi connectivity index (χ0) is 22.6. The predicted molar refractivity (Wildman–Crippen MR) is 129 cm³/mol. The molecule has 32 heavy (non-hydrogen) atoms. The third kappa shape index (κ3) is 4.75. The molecule has 1 amide bonds. The van der Waals surface area contributed by atoms with Crippen LogP contribution in [0.25, 0.3) is 11.1 Å². The standard InChI is InChI=1S/C25H25N2O3S2/c1-2-23(21-11-7-4-8-12-21)26-24(28)25-27(17-18-31-25)32(29,30)22-15-13-20(14-16-22)19-9-5-3-6-10-19/h3-16,23,25H,1-2,17-18H2,(H,26,28)/t23-,25-/m0/s1. The number of nitrogens with zero attached hydrogens (tertiary/aromatic N) is 1. The Bertz CT molecular complexity index is 1150. The first-order valence-electron chi connectivity index (χ1n) is 10.4. The molecule has 1 fully saturated rings. The molecule has 1 aliphatic rings. The number of benzene rings is 3. The number of carbonyl (C=O) groups is 1. The Balaban J connectivity index is 1.52. The van der Waals surface area contributed by atoms with Crippen LogP contribution in [0.1, 0.15) is 18.0 Å². The maximum absolute atomic E-state index is 13.3. The molecule has 3 aromatic carbocycles. The number of sulfonamides is 1. The quantitative estimate of drug-likeness (QED) is 0.558. The zero-order valence-electron chi connectivity index (χ0n) is 17.6. The summed E-state index contributed by atoms with van der Waals surface area (Å²) in [6.07, 6.45) is 0.473. The van der Waals surface area contributed by atoms with Gasteiger partial charge in [-0.3, -0.25) is 4.79 Å². The number of amides is 1. The number of hydrogen-bond donors (Lipinski definition) is 1. The van der Waals surface area contributed by atoms with E-state index in [-0.39, 0.29) is 16.8 Å². The molecule has 1 radical (unpaired) electrons. The summed E-state index contributed by atoms with van der Waals surface area (Å²) in [7, 11) is -3.80. The van der Waals surface area contributed by atoms with Gasteiger partial charge in [0.25, 0.3) is 0 Å². The fourth-order valence-corrected chi connectivity index (χ4v) is 6.83. The van der Waals surface area contributed by atoms with E-state index in [1.807, 2.05) is 60.7 Å². The monoisotopic (exact) mass is 465 g/mol. The molecule has 1 heterocycles. The van der Waals surface area contributed by atoms with Gasteiger partial charge in [0.1, 0.15) is 5.37 Å². The second kappa shape index (κ2) is 9.90. The normalized spacial score (nSPS) is 17.7. The molecular formula is C25H25N2O3S2. The van der Waals surface area contributed by atoms with E-state index in [1.165, 1.54) is 16.1 Å². The lowest BCUT2D eigenvalue weighted by Crippen LogP contribution is -2.45. The summed E-state index contributed by atoms with van der Waals surface area (Å²) in [6, 6.07) is 25.9. The molecule has 4 rings (SSSR count). The van der Waals surface area contributed by atoms with Gasteiger partial charge in [-0.05, 0) is 35.2 Å². The molecule has 1 N–H and O–H groups in total. The SMILES string of the molecule is [CH2]C[C@H](NC(=O)[C@@H]1SCCN1S(=O)(=O)c1ccc(-c2ccccc2)cc1)c1ccccc1. The Hall–Kier alpha value is -2.61. The fourth-order valence-electron chi connectivity index (χ4n) is 3.74. The van der Waals surface area contributed by atoms with Crippen molar-refractivity contribution in [2.24, 2.45) is 0 Å². The van der Waals surface area contributed by atoms with Gasteiger partial charge in [0.05, 0.1) is 10.9 Å². The average molecular weight is 466 g/mol. The summed E-state index contributed by atoms with van der Waals surface area (Å²) in [5, 5.41) is 2.18. The van der Waals surface area contributed by atoms with Crippen LogP contribution >= 0.6 is 11.8 Å². The third-order valence-electron chi connectivity index (χ3n) is 5.45.